The molecule has 4 aromatic carbocycles. The maximum Gasteiger partial charge on any atom is 0.137 e. The molecule has 1 aliphatic heterocycles. The average Bonchev–Trinajstić information content (AvgIpc) is 3.04. The van der Waals surface area contributed by atoms with Gasteiger partial charge in [0.25, 0.3) is 0 Å². The molecule has 6 heteroatoms. The molecule has 0 unspecified atom stereocenters. The third-order valence-electron chi connectivity index (χ3n) is 6.96. The largest absolute Gasteiger partial charge is 0.374 e. The minimum atomic E-state index is -0.438. The zero-order valence-corrected chi connectivity index (χ0v) is 24.5. The van der Waals surface area contributed by atoms with E-state index in [0.29, 0.717) is 33.0 Å². The second kappa shape index (κ2) is 16.4. The normalized spacial score (nSPS) is 22.0. The number of hydrogen-bond acceptors (Lipinski definition) is 6. The van der Waals surface area contributed by atoms with Crippen LogP contribution in [0.25, 0.3) is 0 Å². The first-order valence-corrected chi connectivity index (χ1v) is 15.2. The number of hydrogen-bond donors (Lipinski definition) is 0. The maximum absolute atomic E-state index is 6.80. The summed E-state index contributed by atoms with van der Waals surface area (Å²) in [6.07, 6.45) is 0.0975. The molecule has 0 radical (unpaired) electrons. The van der Waals surface area contributed by atoms with Crippen LogP contribution < -0.4 is 0 Å². The fourth-order valence-electron chi connectivity index (χ4n) is 4.89. The van der Waals surface area contributed by atoms with Crippen molar-refractivity contribution in [3.63, 3.8) is 0 Å². The van der Waals surface area contributed by atoms with E-state index in [0.717, 1.165) is 21.6 Å². The van der Waals surface area contributed by atoms with Gasteiger partial charge in [-0.1, -0.05) is 127 Å². The number of thioether (sulfide) groups is 1. The molecule has 1 aliphatic rings. The summed E-state index contributed by atoms with van der Waals surface area (Å²) >= 11 is 1.63. The molecule has 42 heavy (non-hydrogen) atoms. The van der Waals surface area contributed by atoms with Gasteiger partial charge in [0.15, 0.2) is 0 Å². The SMILES string of the molecule is C=CCO[C@H]1[C@@H](OCc2ccccc2)[C@H](OCc2ccccc2)[C@@H](COCc2ccccc2)O[C@@H]1Sc1ccccc1. The van der Waals surface area contributed by atoms with Gasteiger partial charge in [-0.3, -0.25) is 0 Å². The van der Waals surface area contributed by atoms with E-state index >= 15 is 0 Å². The highest BCUT2D eigenvalue weighted by Crippen LogP contribution is 2.38. The second-order valence-electron chi connectivity index (χ2n) is 10.1. The average molecular weight is 583 g/mol. The number of benzene rings is 4. The van der Waals surface area contributed by atoms with Crippen molar-refractivity contribution in [2.45, 2.75) is 54.6 Å². The van der Waals surface area contributed by atoms with Crippen molar-refractivity contribution in [2.24, 2.45) is 0 Å². The molecular formula is C36H38O5S. The summed E-state index contributed by atoms with van der Waals surface area (Å²) in [6.45, 7) is 5.92. The van der Waals surface area contributed by atoms with Gasteiger partial charge in [0.1, 0.15) is 29.9 Å². The molecule has 1 heterocycles. The van der Waals surface area contributed by atoms with Crippen LogP contribution in [0.15, 0.2) is 139 Å². The Morgan fingerprint density at radius 3 is 1.64 bits per heavy atom. The standard InChI is InChI=1S/C36H38O5S/c1-2-23-38-35-34(40-26-30-19-11-5-12-20-30)33(39-25-29-17-9-4-10-18-29)32(27-37-24-28-15-7-3-8-16-28)41-36(35)42-31-21-13-6-14-22-31/h2-22,32-36H,1,23-27H2/t32-,33-,34+,35+,36-/m1/s1. The van der Waals surface area contributed by atoms with Gasteiger partial charge >= 0.3 is 0 Å². The highest BCUT2D eigenvalue weighted by atomic mass is 32.2. The van der Waals surface area contributed by atoms with E-state index in [1.807, 2.05) is 72.8 Å². The Hall–Kier alpha value is -3.23. The van der Waals surface area contributed by atoms with Crippen molar-refractivity contribution in [3.8, 4) is 0 Å². The fraction of sp³-hybridized carbons (Fsp3) is 0.278. The minimum absolute atomic E-state index is 0.347. The number of rotatable bonds is 15. The Morgan fingerprint density at radius 2 is 1.10 bits per heavy atom. The van der Waals surface area contributed by atoms with E-state index in [9.17, 15) is 0 Å². The van der Waals surface area contributed by atoms with Crippen LogP contribution in [0.4, 0.5) is 0 Å². The molecule has 0 saturated carbocycles. The lowest BCUT2D eigenvalue weighted by atomic mass is 9.99. The molecule has 4 aromatic rings. The Morgan fingerprint density at radius 1 is 0.595 bits per heavy atom. The Bertz CT molecular complexity index is 1310. The van der Waals surface area contributed by atoms with Crippen LogP contribution in [0, 0.1) is 0 Å². The highest BCUT2D eigenvalue weighted by Gasteiger charge is 2.48. The van der Waals surface area contributed by atoms with Gasteiger partial charge in [0, 0.05) is 4.90 Å². The van der Waals surface area contributed by atoms with Gasteiger partial charge in [-0.15, -0.1) is 6.58 Å². The van der Waals surface area contributed by atoms with Crippen LogP contribution >= 0.6 is 11.8 Å². The first-order chi connectivity index (χ1) is 20.8. The lowest BCUT2D eigenvalue weighted by Crippen LogP contribution is -2.60. The topological polar surface area (TPSA) is 46.2 Å². The molecule has 0 bridgehead atoms. The lowest BCUT2D eigenvalue weighted by molar-refractivity contribution is -0.250. The summed E-state index contributed by atoms with van der Waals surface area (Å²) in [6, 6.07) is 40.7. The van der Waals surface area contributed by atoms with E-state index in [1.54, 1.807) is 17.8 Å². The highest BCUT2D eigenvalue weighted by molar-refractivity contribution is 7.99. The molecule has 0 aromatic heterocycles. The predicted molar refractivity (Wildman–Crippen MR) is 167 cm³/mol. The van der Waals surface area contributed by atoms with E-state index in [4.69, 9.17) is 23.7 Å². The van der Waals surface area contributed by atoms with Gasteiger partial charge in [-0.05, 0) is 28.8 Å². The van der Waals surface area contributed by atoms with E-state index < -0.39 is 18.3 Å². The molecule has 0 amide bonds. The summed E-state index contributed by atoms with van der Waals surface area (Å²) in [5.41, 5.74) is 2.91. The monoisotopic (exact) mass is 582 g/mol. The first-order valence-electron chi connectivity index (χ1n) is 14.3. The zero-order chi connectivity index (χ0) is 28.8. The minimum Gasteiger partial charge on any atom is -0.374 e. The van der Waals surface area contributed by atoms with Crippen molar-refractivity contribution in [3.05, 3.63) is 151 Å². The molecule has 0 aliphatic carbocycles. The summed E-state index contributed by atoms with van der Waals surface area (Å²) in [5, 5.41) is 0. The van der Waals surface area contributed by atoms with Crippen molar-refractivity contribution in [2.75, 3.05) is 13.2 Å². The third kappa shape index (κ3) is 8.88. The van der Waals surface area contributed by atoms with Crippen molar-refractivity contribution >= 4 is 11.8 Å². The first kappa shape index (κ1) is 30.2. The third-order valence-corrected chi connectivity index (χ3v) is 8.11. The Kier molecular flexibility index (Phi) is 11.8. The van der Waals surface area contributed by atoms with E-state index in [-0.39, 0.29) is 11.5 Å². The smallest absolute Gasteiger partial charge is 0.137 e. The van der Waals surface area contributed by atoms with E-state index in [2.05, 4.69) is 55.1 Å². The van der Waals surface area contributed by atoms with Crippen LogP contribution in [0.3, 0.4) is 0 Å². The molecule has 218 valence electrons. The molecule has 1 saturated heterocycles. The van der Waals surface area contributed by atoms with Crippen LogP contribution in [0.2, 0.25) is 0 Å². The summed E-state index contributed by atoms with van der Waals surface area (Å²) < 4.78 is 32.8. The summed E-state index contributed by atoms with van der Waals surface area (Å²) in [4.78, 5) is 1.09. The molecule has 1 fully saturated rings. The van der Waals surface area contributed by atoms with Crippen LogP contribution in [-0.2, 0) is 43.5 Å². The van der Waals surface area contributed by atoms with Crippen molar-refractivity contribution in [1.82, 2.24) is 0 Å². The molecule has 0 spiro atoms. The Labute approximate surface area is 253 Å². The summed E-state index contributed by atoms with van der Waals surface area (Å²) in [5.74, 6) is 0. The molecular weight excluding hydrogens is 544 g/mol. The molecule has 0 N–H and O–H groups in total. The van der Waals surface area contributed by atoms with Gasteiger partial charge in [-0.25, -0.2) is 0 Å². The summed E-state index contributed by atoms with van der Waals surface area (Å²) in [7, 11) is 0. The van der Waals surface area contributed by atoms with Gasteiger partial charge in [-0.2, -0.15) is 0 Å². The second-order valence-corrected chi connectivity index (χ2v) is 11.3. The quantitative estimate of drug-likeness (QED) is 0.136. The van der Waals surface area contributed by atoms with Crippen LogP contribution in [-0.4, -0.2) is 43.1 Å². The van der Waals surface area contributed by atoms with Gasteiger partial charge in [0.2, 0.25) is 0 Å². The zero-order valence-electron chi connectivity index (χ0n) is 23.7. The van der Waals surface area contributed by atoms with E-state index in [1.165, 1.54) is 0 Å². The maximum atomic E-state index is 6.80. The molecule has 5 atom stereocenters. The van der Waals surface area contributed by atoms with Crippen LogP contribution in [0.1, 0.15) is 16.7 Å². The van der Waals surface area contributed by atoms with Gasteiger partial charge in [0.05, 0.1) is 33.0 Å². The van der Waals surface area contributed by atoms with Crippen molar-refractivity contribution < 1.29 is 23.7 Å². The fourth-order valence-corrected chi connectivity index (χ4v) is 6.04. The lowest BCUT2D eigenvalue weighted by Gasteiger charge is -2.46. The number of ether oxygens (including phenoxy) is 5. The predicted octanol–water partition coefficient (Wildman–Crippen LogP) is 7.46. The Balaban J connectivity index is 1.43. The van der Waals surface area contributed by atoms with Gasteiger partial charge < -0.3 is 23.7 Å². The van der Waals surface area contributed by atoms with Crippen molar-refractivity contribution in [1.29, 1.82) is 0 Å². The molecule has 5 rings (SSSR count). The molecule has 5 nitrogen and oxygen atoms in total. The van der Waals surface area contributed by atoms with Crippen LogP contribution in [0.5, 0.6) is 0 Å².